The van der Waals surface area contributed by atoms with E-state index in [2.05, 4.69) is 34.6 Å². The number of aliphatic hydroxyl groups is 1. The molecule has 1 heteroatoms. The Morgan fingerprint density at radius 1 is 1.00 bits per heavy atom. The topological polar surface area (TPSA) is 20.2 Å². The molecule has 0 radical (unpaired) electrons. The molecule has 0 aliphatic heterocycles. The van der Waals surface area contributed by atoms with Crippen molar-refractivity contribution in [3.05, 3.63) is 0 Å². The van der Waals surface area contributed by atoms with Gasteiger partial charge in [-0.3, -0.25) is 0 Å². The molecule has 0 heterocycles. The van der Waals surface area contributed by atoms with Crippen LogP contribution >= 0.6 is 0 Å². The van der Waals surface area contributed by atoms with Gasteiger partial charge in [-0.2, -0.15) is 0 Å². The lowest BCUT2D eigenvalue weighted by Crippen LogP contribution is -2.22. The molecule has 1 nitrogen and oxygen atoms in total. The fraction of sp³-hybridized carbons (Fsp3) is 1.00. The normalized spacial score (nSPS) is 16.1. The maximum atomic E-state index is 10.0. The molecule has 0 aromatic rings. The average molecular weight is 228 g/mol. The second-order valence-electron chi connectivity index (χ2n) is 6.51. The third-order valence-corrected chi connectivity index (χ3v) is 3.19. The minimum Gasteiger partial charge on any atom is -0.393 e. The summed E-state index contributed by atoms with van der Waals surface area (Å²) < 4.78 is 0. The highest BCUT2D eigenvalue weighted by molar-refractivity contribution is 4.72. The van der Waals surface area contributed by atoms with Crippen molar-refractivity contribution < 1.29 is 5.11 Å². The van der Waals surface area contributed by atoms with Crippen LogP contribution in [0.3, 0.4) is 0 Å². The molecule has 2 unspecified atom stereocenters. The van der Waals surface area contributed by atoms with Crippen LogP contribution in [0.15, 0.2) is 0 Å². The molecular weight excluding hydrogens is 196 g/mol. The predicted octanol–water partition coefficient (Wildman–Crippen LogP) is 4.78. The first-order valence-corrected chi connectivity index (χ1v) is 7.05. The van der Waals surface area contributed by atoms with E-state index in [0.29, 0.717) is 11.3 Å². The molecule has 2 atom stereocenters. The van der Waals surface area contributed by atoms with Gasteiger partial charge in [0.1, 0.15) is 0 Å². The molecule has 0 saturated heterocycles. The Hall–Kier alpha value is -0.0400. The Labute approximate surface area is 103 Å². The summed E-state index contributed by atoms with van der Waals surface area (Å²) in [5, 5.41) is 10.0. The summed E-state index contributed by atoms with van der Waals surface area (Å²) in [6, 6.07) is 0. The number of hydrogen-bond acceptors (Lipinski definition) is 1. The molecular formula is C15H32O. The predicted molar refractivity (Wildman–Crippen MR) is 72.6 cm³/mol. The highest BCUT2D eigenvalue weighted by Gasteiger charge is 2.20. The SMILES string of the molecule is CCCCCCCC(O)C(C)CC(C)(C)C. The van der Waals surface area contributed by atoms with Gasteiger partial charge in [-0.25, -0.2) is 0 Å². The smallest absolute Gasteiger partial charge is 0.0566 e. The minimum absolute atomic E-state index is 0.0964. The van der Waals surface area contributed by atoms with Gasteiger partial charge < -0.3 is 5.11 Å². The Morgan fingerprint density at radius 3 is 2.06 bits per heavy atom. The minimum atomic E-state index is -0.0964. The van der Waals surface area contributed by atoms with Crippen LogP contribution in [0.4, 0.5) is 0 Å². The zero-order valence-electron chi connectivity index (χ0n) is 12.1. The van der Waals surface area contributed by atoms with Crippen molar-refractivity contribution in [1.29, 1.82) is 0 Å². The van der Waals surface area contributed by atoms with Gasteiger partial charge >= 0.3 is 0 Å². The largest absolute Gasteiger partial charge is 0.393 e. The summed E-state index contributed by atoms with van der Waals surface area (Å²) >= 11 is 0. The molecule has 0 saturated carbocycles. The van der Waals surface area contributed by atoms with Crippen molar-refractivity contribution in [2.24, 2.45) is 11.3 Å². The standard InChI is InChI=1S/C15H32O/c1-6-7-8-9-10-11-14(16)13(2)12-15(3,4)5/h13-14,16H,6-12H2,1-5H3. The van der Waals surface area contributed by atoms with Crippen molar-refractivity contribution in [2.45, 2.75) is 85.7 Å². The van der Waals surface area contributed by atoms with Gasteiger partial charge in [0.2, 0.25) is 0 Å². The van der Waals surface area contributed by atoms with E-state index in [9.17, 15) is 5.11 Å². The van der Waals surface area contributed by atoms with Crippen LogP contribution < -0.4 is 0 Å². The molecule has 0 amide bonds. The van der Waals surface area contributed by atoms with Gasteiger partial charge in [0.15, 0.2) is 0 Å². The summed E-state index contributed by atoms with van der Waals surface area (Å²) in [7, 11) is 0. The fourth-order valence-corrected chi connectivity index (χ4v) is 2.34. The van der Waals surface area contributed by atoms with E-state index in [0.717, 1.165) is 12.8 Å². The van der Waals surface area contributed by atoms with E-state index in [4.69, 9.17) is 0 Å². The van der Waals surface area contributed by atoms with Crippen LogP contribution in [0.1, 0.15) is 79.6 Å². The second kappa shape index (κ2) is 8.11. The van der Waals surface area contributed by atoms with E-state index in [1.807, 2.05) is 0 Å². The summed E-state index contributed by atoms with van der Waals surface area (Å²) in [5.41, 5.74) is 0.336. The van der Waals surface area contributed by atoms with Gasteiger partial charge in [0.05, 0.1) is 6.10 Å². The molecule has 0 bridgehead atoms. The van der Waals surface area contributed by atoms with Gasteiger partial charge in [0, 0.05) is 0 Å². The van der Waals surface area contributed by atoms with Gasteiger partial charge in [-0.1, -0.05) is 66.7 Å². The lowest BCUT2D eigenvalue weighted by molar-refractivity contribution is 0.0810. The maximum Gasteiger partial charge on any atom is 0.0566 e. The lowest BCUT2D eigenvalue weighted by Gasteiger charge is -2.26. The van der Waals surface area contributed by atoms with E-state index >= 15 is 0 Å². The molecule has 16 heavy (non-hydrogen) atoms. The molecule has 1 N–H and O–H groups in total. The third-order valence-electron chi connectivity index (χ3n) is 3.19. The summed E-state index contributed by atoms with van der Waals surface area (Å²) in [4.78, 5) is 0. The molecule has 0 rings (SSSR count). The van der Waals surface area contributed by atoms with Crippen LogP contribution in [0.2, 0.25) is 0 Å². The summed E-state index contributed by atoms with van der Waals surface area (Å²) in [6.07, 6.45) is 8.45. The molecule has 0 fully saturated rings. The molecule has 0 aromatic heterocycles. The first-order chi connectivity index (χ1) is 7.37. The zero-order chi connectivity index (χ0) is 12.6. The maximum absolute atomic E-state index is 10.0. The number of hydrogen-bond donors (Lipinski definition) is 1. The van der Waals surface area contributed by atoms with Gasteiger partial charge in [-0.15, -0.1) is 0 Å². The van der Waals surface area contributed by atoms with Gasteiger partial charge in [0.25, 0.3) is 0 Å². The number of aliphatic hydroxyl groups excluding tert-OH is 1. The highest BCUT2D eigenvalue weighted by atomic mass is 16.3. The zero-order valence-corrected chi connectivity index (χ0v) is 12.1. The molecule has 98 valence electrons. The molecule has 0 aliphatic carbocycles. The monoisotopic (exact) mass is 228 g/mol. The number of rotatable bonds is 8. The molecule has 0 aliphatic rings. The van der Waals surface area contributed by atoms with E-state index in [-0.39, 0.29) is 6.10 Å². The van der Waals surface area contributed by atoms with Crippen molar-refractivity contribution in [1.82, 2.24) is 0 Å². The quantitative estimate of drug-likeness (QED) is 0.593. The number of unbranched alkanes of at least 4 members (excludes halogenated alkanes) is 4. The Bertz CT molecular complexity index is 157. The Morgan fingerprint density at radius 2 is 1.56 bits per heavy atom. The molecule has 0 aromatic carbocycles. The fourth-order valence-electron chi connectivity index (χ4n) is 2.34. The van der Waals surface area contributed by atoms with Crippen LogP contribution in [-0.4, -0.2) is 11.2 Å². The Kier molecular flexibility index (Phi) is 8.09. The van der Waals surface area contributed by atoms with Crippen LogP contribution in [0.25, 0.3) is 0 Å². The van der Waals surface area contributed by atoms with Crippen LogP contribution in [-0.2, 0) is 0 Å². The third kappa shape index (κ3) is 9.21. The van der Waals surface area contributed by atoms with E-state index < -0.39 is 0 Å². The molecule has 0 spiro atoms. The summed E-state index contributed by atoms with van der Waals surface area (Å²) in [5.74, 6) is 0.436. The first kappa shape index (κ1) is 16.0. The average Bonchev–Trinajstić information content (AvgIpc) is 2.14. The highest BCUT2D eigenvalue weighted by Crippen LogP contribution is 2.27. The second-order valence-corrected chi connectivity index (χ2v) is 6.51. The summed E-state index contributed by atoms with van der Waals surface area (Å²) in [6.45, 7) is 11.2. The van der Waals surface area contributed by atoms with Crippen molar-refractivity contribution >= 4 is 0 Å². The lowest BCUT2D eigenvalue weighted by atomic mass is 9.82. The van der Waals surface area contributed by atoms with Crippen LogP contribution in [0.5, 0.6) is 0 Å². The van der Waals surface area contributed by atoms with E-state index in [1.165, 1.54) is 32.1 Å². The van der Waals surface area contributed by atoms with Crippen molar-refractivity contribution in [3.63, 3.8) is 0 Å². The van der Waals surface area contributed by atoms with Gasteiger partial charge in [-0.05, 0) is 24.2 Å². The first-order valence-electron chi connectivity index (χ1n) is 7.05. The van der Waals surface area contributed by atoms with Crippen molar-refractivity contribution in [2.75, 3.05) is 0 Å². The van der Waals surface area contributed by atoms with E-state index in [1.54, 1.807) is 0 Å². The van der Waals surface area contributed by atoms with Crippen LogP contribution in [0, 0.1) is 11.3 Å². The van der Waals surface area contributed by atoms with Crippen molar-refractivity contribution in [3.8, 4) is 0 Å². The Balaban J connectivity index is 3.59.